The van der Waals surface area contributed by atoms with Gasteiger partial charge < -0.3 is 9.47 Å². The predicted molar refractivity (Wildman–Crippen MR) is 87.4 cm³/mol. The van der Waals surface area contributed by atoms with Crippen LogP contribution < -0.4 is 9.47 Å². The summed E-state index contributed by atoms with van der Waals surface area (Å²) in [6.45, 7) is 2.79. The smallest absolute Gasteiger partial charge is 0.231 e. The number of ether oxygens (including phenoxy) is 2. The van der Waals surface area contributed by atoms with E-state index in [2.05, 4.69) is 31.3 Å². The van der Waals surface area contributed by atoms with Crippen LogP contribution in [0.2, 0.25) is 0 Å². The van der Waals surface area contributed by atoms with Crippen LogP contribution in [0.25, 0.3) is 11.4 Å². The fourth-order valence-corrected chi connectivity index (χ4v) is 2.89. The van der Waals surface area contributed by atoms with Gasteiger partial charge in [0, 0.05) is 10.0 Å². The number of nitrogens with zero attached hydrogens (tertiary/aromatic N) is 4. The average Bonchev–Trinajstić information content (AvgIpc) is 3.17. The Hall–Kier alpha value is -2.41. The molecule has 3 aromatic rings. The Kier molecular flexibility index (Phi) is 3.49. The second-order valence-corrected chi connectivity index (χ2v) is 6.16. The van der Waals surface area contributed by atoms with E-state index in [9.17, 15) is 0 Å². The Balaban J connectivity index is 1.61. The molecule has 0 spiro atoms. The zero-order chi connectivity index (χ0) is 15.8. The molecule has 4 rings (SSSR count). The molecule has 0 radical (unpaired) electrons. The van der Waals surface area contributed by atoms with E-state index < -0.39 is 0 Å². The summed E-state index contributed by atoms with van der Waals surface area (Å²) in [4.78, 5) is 1.57. The van der Waals surface area contributed by atoms with Gasteiger partial charge in [-0.3, -0.25) is 0 Å². The number of rotatable bonds is 3. The van der Waals surface area contributed by atoms with Crippen molar-refractivity contribution in [2.75, 3.05) is 6.79 Å². The molecule has 1 aliphatic heterocycles. The molecule has 0 atom stereocenters. The molecule has 6 nitrogen and oxygen atoms in total. The number of aromatic nitrogens is 4. The van der Waals surface area contributed by atoms with Crippen LogP contribution >= 0.6 is 15.9 Å². The van der Waals surface area contributed by atoms with E-state index in [4.69, 9.17) is 9.47 Å². The van der Waals surface area contributed by atoms with Gasteiger partial charge in [0.1, 0.15) is 0 Å². The lowest BCUT2D eigenvalue weighted by Gasteiger charge is -2.05. The molecule has 2 heterocycles. The number of fused-ring (bicyclic) bond motifs is 1. The minimum atomic E-state index is 0.254. The van der Waals surface area contributed by atoms with E-state index in [1.807, 2.05) is 43.3 Å². The molecule has 0 saturated carbocycles. The zero-order valence-corrected chi connectivity index (χ0v) is 13.9. The molecule has 0 saturated heterocycles. The molecule has 0 amide bonds. The molecule has 0 fully saturated rings. The van der Waals surface area contributed by atoms with Gasteiger partial charge in [-0.25, -0.2) is 0 Å². The van der Waals surface area contributed by atoms with E-state index in [-0.39, 0.29) is 6.79 Å². The molecular weight excluding hydrogens is 360 g/mol. The van der Waals surface area contributed by atoms with Crippen LogP contribution in [0.5, 0.6) is 11.5 Å². The number of aryl methyl sites for hydroxylation is 1. The molecule has 23 heavy (non-hydrogen) atoms. The first-order valence-electron chi connectivity index (χ1n) is 7.12. The van der Waals surface area contributed by atoms with Crippen LogP contribution in [0, 0.1) is 6.92 Å². The van der Waals surface area contributed by atoms with Crippen molar-refractivity contribution in [2.24, 2.45) is 0 Å². The first-order valence-corrected chi connectivity index (χ1v) is 7.91. The van der Waals surface area contributed by atoms with Gasteiger partial charge in [-0.15, -0.1) is 10.2 Å². The lowest BCUT2D eigenvalue weighted by molar-refractivity contribution is 0.174. The van der Waals surface area contributed by atoms with E-state index in [1.54, 1.807) is 4.80 Å². The summed E-state index contributed by atoms with van der Waals surface area (Å²) in [6.07, 6.45) is 0. The second kappa shape index (κ2) is 5.66. The lowest BCUT2D eigenvalue weighted by Crippen LogP contribution is -2.04. The molecule has 1 aromatic heterocycles. The van der Waals surface area contributed by atoms with E-state index in [1.165, 1.54) is 0 Å². The molecule has 0 unspecified atom stereocenters. The number of hydrogen-bond donors (Lipinski definition) is 0. The SMILES string of the molecule is Cc1cccc(-c2nnn(Cc3cc4c(cc3Br)OCO4)n2)c1. The third-order valence-corrected chi connectivity index (χ3v) is 4.32. The molecular formula is C16H13BrN4O2. The Labute approximate surface area is 141 Å². The molecule has 0 aliphatic carbocycles. The molecule has 116 valence electrons. The topological polar surface area (TPSA) is 62.1 Å². The van der Waals surface area contributed by atoms with Crippen LogP contribution in [-0.4, -0.2) is 27.0 Å². The zero-order valence-electron chi connectivity index (χ0n) is 12.4. The predicted octanol–water partition coefficient (Wildman–Crippen LogP) is 3.19. The second-order valence-electron chi connectivity index (χ2n) is 5.31. The number of tetrazole rings is 1. The number of benzene rings is 2. The van der Waals surface area contributed by atoms with E-state index in [0.717, 1.165) is 32.7 Å². The average molecular weight is 373 g/mol. The highest BCUT2D eigenvalue weighted by Gasteiger charge is 2.17. The van der Waals surface area contributed by atoms with Crippen molar-refractivity contribution in [1.29, 1.82) is 0 Å². The Morgan fingerprint density at radius 1 is 1.17 bits per heavy atom. The van der Waals surface area contributed by atoms with Gasteiger partial charge in [-0.1, -0.05) is 39.7 Å². The van der Waals surface area contributed by atoms with Gasteiger partial charge in [0.15, 0.2) is 11.5 Å². The summed E-state index contributed by atoms with van der Waals surface area (Å²) in [7, 11) is 0. The van der Waals surface area contributed by atoms with Crippen LogP contribution in [0.1, 0.15) is 11.1 Å². The summed E-state index contributed by atoms with van der Waals surface area (Å²) in [5, 5.41) is 12.7. The fourth-order valence-electron chi connectivity index (χ4n) is 2.44. The van der Waals surface area contributed by atoms with Crippen molar-refractivity contribution in [3.63, 3.8) is 0 Å². The van der Waals surface area contributed by atoms with Crippen molar-refractivity contribution in [3.05, 3.63) is 52.0 Å². The van der Waals surface area contributed by atoms with Gasteiger partial charge in [0.05, 0.1) is 6.54 Å². The Bertz CT molecular complexity index is 878. The van der Waals surface area contributed by atoms with Crippen LogP contribution in [0.3, 0.4) is 0 Å². The maximum Gasteiger partial charge on any atom is 0.231 e. The summed E-state index contributed by atoms with van der Waals surface area (Å²) in [5.41, 5.74) is 3.13. The summed E-state index contributed by atoms with van der Waals surface area (Å²) >= 11 is 3.54. The lowest BCUT2D eigenvalue weighted by atomic mass is 10.1. The normalized spacial score (nSPS) is 12.6. The van der Waals surface area contributed by atoms with E-state index >= 15 is 0 Å². The summed E-state index contributed by atoms with van der Waals surface area (Å²) in [6, 6.07) is 11.9. The molecule has 1 aliphatic rings. The van der Waals surface area contributed by atoms with Crippen molar-refractivity contribution in [3.8, 4) is 22.9 Å². The standard InChI is InChI=1S/C16H13BrN4O2/c1-10-3-2-4-11(5-10)16-18-20-21(19-16)8-12-6-14-15(7-13(12)17)23-9-22-14/h2-7H,8-9H2,1H3. The largest absolute Gasteiger partial charge is 0.454 e. The monoisotopic (exact) mass is 372 g/mol. The molecule has 0 bridgehead atoms. The van der Waals surface area contributed by atoms with Gasteiger partial charge in [0.25, 0.3) is 0 Å². The minimum absolute atomic E-state index is 0.254. The maximum atomic E-state index is 5.41. The summed E-state index contributed by atoms with van der Waals surface area (Å²) in [5.74, 6) is 2.10. The van der Waals surface area contributed by atoms with Gasteiger partial charge in [0.2, 0.25) is 12.6 Å². The third kappa shape index (κ3) is 2.79. The Morgan fingerprint density at radius 2 is 2.00 bits per heavy atom. The first-order chi connectivity index (χ1) is 11.2. The minimum Gasteiger partial charge on any atom is -0.454 e. The number of hydrogen-bond acceptors (Lipinski definition) is 5. The van der Waals surface area contributed by atoms with Gasteiger partial charge in [-0.05, 0) is 35.9 Å². The molecule has 0 N–H and O–H groups in total. The third-order valence-electron chi connectivity index (χ3n) is 3.58. The van der Waals surface area contributed by atoms with Gasteiger partial charge in [-0.2, -0.15) is 4.80 Å². The highest BCUT2D eigenvalue weighted by atomic mass is 79.9. The molecule has 7 heteroatoms. The molecule has 2 aromatic carbocycles. The van der Waals surface area contributed by atoms with E-state index in [0.29, 0.717) is 12.4 Å². The van der Waals surface area contributed by atoms with Crippen molar-refractivity contribution in [2.45, 2.75) is 13.5 Å². The highest BCUT2D eigenvalue weighted by molar-refractivity contribution is 9.10. The van der Waals surface area contributed by atoms with Crippen molar-refractivity contribution >= 4 is 15.9 Å². The first kappa shape index (κ1) is 14.2. The maximum absolute atomic E-state index is 5.41. The van der Waals surface area contributed by atoms with Crippen LogP contribution in [-0.2, 0) is 6.54 Å². The van der Waals surface area contributed by atoms with Crippen LogP contribution in [0.15, 0.2) is 40.9 Å². The fraction of sp³-hybridized carbons (Fsp3) is 0.188. The highest BCUT2D eigenvalue weighted by Crippen LogP contribution is 2.37. The quantitative estimate of drug-likeness (QED) is 0.706. The van der Waals surface area contributed by atoms with Gasteiger partial charge >= 0.3 is 0 Å². The number of halogens is 1. The van der Waals surface area contributed by atoms with Crippen molar-refractivity contribution in [1.82, 2.24) is 20.2 Å². The van der Waals surface area contributed by atoms with Crippen molar-refractivity contribution < 1.29 is 9.47 Å². The Morgan fingerprint density at radius 3 is 2.83 bits per heavy atom. The summed E-state index contributed by atoms with van der Waals surface area (Å²) < 4.78 is 11.7. The van der Waals surface area contributed by atoms with Crippen LogP contribution in [0.4, 0.5) is 0 Å².